The Morgan fingerprint density at radius 3 is 2.83 bits per heavy atom. The molecule has 0 spiro atoms. The lowest BCUT2D eigenvalue weighted by atomic mass is 10.2. The molecule has 1 aromatic carbocycles. The molecule has 0 aliphatic carbocycles. The number of halogens is 1. The highest BCUT2D eigenvalue weighted by molar-refractivity contribution is 5.89. The summed E-state index contributed by atoms with van der Waals surface area (Å²) in [5.74, 6) is -0.492. The average Bonchev–Trinajstić information content (AvgIpc) is 2.57. The molecule has 0 saturated carbocycles. The van der Waals surface area contributed by atoms with Crippen LogP contribution >= 0.6 is 0 Å². The van der Waals surface area contributed by atoms with Gasteiger partial charge in [0.2, 0.25) is 5.95 Å². The van der Waals surface area contributed by atoms with E-state index in [2.05, 4.69) is 15.5 Å². The number of H-pyrrole nitrogens is 1. The van der Waals surface area contributed by atoms with Gasteiger partial charge in [-0.2, -0.15) is 9.49 Å². The summed E-state index contributed by atoms with van der Waals surface area (Å²) in [5, 5.41) is 8.95. The summed E-state index contributed by atoms with van der Waals surface area (Å²) in [4.78, 5) is 11.5. The van der Waals surface area contributed by atoms with E-state index >= 15 is 0 Å². The standard InChI is InChI=1S/C12H14FN3O2/c1-12(2,3)18-11(17)14-7-4-5-8-9(6-7)15-16-10(8)13/h4-6H,1-3H3,(H,14,17)(H,15,16). The van der Waals surface area contributed by atoms with Crippen molar-refractivity contribution < 1.29 is 13.9 Å². The molecule has 5 nitrogen and oxygen atoms in total. The van der Waals surface area contributed by atoms with Crippen LogP contribution in [0.2, 0.25) is 0 Å². The second-order valence-electron chi connectivity index (χ2n) is 4.90. The average molecular weight is 251 g/mol. The maximum atomic E-state index is 13.1. The smallest absolute Gasteiger partial charge is 0.412 e. The topological polar surface area (TPSA) is 67.0 Å². The highest BCUT2D eigenvalue weighted by Crippen LogP contribution is 2.19. The highest BCUT2D eigenvalue weighted by atomic mass is 19.1. The molecule has 0 fully saturated rings. The summed E-state index contributed by atoms with van der Waals surface area (Å²) in [6.45, 7) is 5.33. The molecule has 2 aromatic rings. The number of fused-ring (bicyclic) bond motifs is 1. The number of carbonyl (C=O) groups excluding carboxylic acids is 1. The van der Waals surface area contributed by atoms with E-state index in [0.29, 0.717) is 16.6 Å². The van der Waals surface area contributed by atoms with Crippen molar-refractivity contribution in [3.8, 4) is 0 Å². The van der Waals surface area contributed by atoms with Crippen LogP contribution in [0.1, 0.15) is 20.8 Å². The minimum Gasteiger partial charge on any atom is -0.444 e. The van der Waals surface area contributed by atoms with Gasteiger partial charge in [-0.25, -0.2) is 4.79 Å². The Balaban J connectivity index is 2.15. The number of ether oxygens (including phenoxy) is 1. The zero-order valence-corrected chi connectivity index (χ0v) is 10.4. The van der Waals surface area contributed by atoms with Crippen molar-refractivity contribution in [3.05, 3.63) is 24.1 Å². The summed E-state index contributed by atoms with van der Waals surface area (Å²) >= 11 is 0. The van der Waals surface area contributed by atoms with E-state index in [1.165, 1.54) is 0 Å². The van der Waals surface area contributed by atoms with Crippen LogP contribution in [0.25, 0.3) is 10.9 Å². The fraction of sp³-hybridized carbons (Fsp3) is 0.333. The Kier molecular flexibility index (Phi) is 2.94. The third-order valence-corrected chi connectivity index (χ3v) is 2.15. The van der Waals surface area contributed by atoms with Crippen LogP contribution in [0.15, 0.2) is 18.2 Å². The van der Waals surface area contributed by atoms with E-state index in [0.717, 1.165) is 0 Å². The molecule has 1 amide bonds. The number of hydrogen-bond donors (Lipinski definition) is 2. The molecule has 0 radical (unpaired) electrons. The SMILES string of the molecule is CC(C)(C)OC(=O)Nc1ccc2c(F)[nH]nc2c1. The van der Waals surface area contributed by atoms with Crippen molar-refractivity contribution in [3.63, 3.8) is 0 Å². The van der Waals surface area contributed by atoms with Gasteiger partial charge in [-0.1, -0.05) is 0 Å². The van der Waals surface area contributed by atoms with Crippen LogP contribution < -0.4 is 5.32 Å². The molecule has 18 heavy (non-hydrogen) atoms. The monoisotopic (exact) mass is 251 g/mol. The van der Waals surface area contributed by atoms with E-state index in [4.69, 9.17) is 4.74 Å². The van der Waals surface area contributed by atoms with E-state index in [1.807, 2.05) is 0 Å². The van der Waals surface area contributed by atoms with Gasteiger partial charge >= 0.3 is 6.09 Å². The largest absolute Gasteiger partial charge is 0.444 e. The number of carbonyl (C=O) groups is 1. The van der Waals surface area contributed by atoms with E-state index in [1.54, 1.807) is 39.0 Å². The molecule has 1 heterocycles. The predicted molar refractivity (Wildman–Crippen MR) is 65.9 cm³/mol. The molecule has 0 aliphatic rings. The molecule has 2 rings (SSSR count). The van der Waals surface area contributed by atoms with Crippen molar-refractivity contribution in [1.29, 1.82) is 0 Å². The summed E-state index contributed by atoms with van der Waals surface area (Å²) in [6, 6.07) is 4.70. The third kappa shape index (κ3) is 2.77. The number of aromatic amines is 1. The molecule has 96 valence electrons. The number of nitrogens with zero attached hydrogens (tertiary/aromatic N) is 1. The number of amides is 1. The second kappa shape index (κ2) is 4.29. The van der Waals surface area contributed by atoms with Crippen molar-refractivity contribution in [2.45, 2.75) is 26.4 Å². The van der Waals surface area contributed by atoms with Gasteiger partial charge in [0.15, 0.2) is 0 Å². The zero-order chi connectivity index (χ0) is 13.3. The van der Waals surface area contributed by atoms with Gasteiger partial charge in [0.1, 0.15) is 5.60 Å². The molecule has 1 aromatic heterocycles. The molecule has 0 atom stereocenters. The molecule has 6 heteroatoms. The number of aromatic nitrogens is 2. The zero-order valence-electron chi connectivity index (χ0n) is 10.4. The molecule has 0 saturated heterocycles. The first kappa shape index (κ1) is 12.3. The Bertz CT molecular complexity index is 587. The first-order valence-electron chi connectivity index (χ1n) is 5.49. The molecule has 2 N–H and O–H groups in total. The van der Waals surface area contributed by atoms with E-state index < -0.39 is 17.6 Å². The summed E-state index contributed by atoms with van der Waals surface area (Å²) < 4.78 is 18.2. The van der Waals surface area contributed by atoms with Crippen molar-refractivity contribution in [1.82, 2.24) is 10.2 Å². The van der Waals surface area contributed by atoms with Crippen LogP contribution in [-0.4, -0.2) is 21.9 Å². The first-order chi connectivity index (χ1) is 8.35. The number of hydrogen-bond acceptors (Lipinski definition) is 3. The molecular weight excluding hydrogens is 237 g/mol. The predicted octanol–water partition coefficient (Wildman–Crippen LogP) is 3.05. The van der Waals surface area contributed by atoms with E-state index in [-0.39, 0.29) is 0 Å². The Morgan fingerprint density at radius 1 is 1.44 bits per heavy atom. The number of rotatable bonds is 1. The lowest BCUT2D eigenvalue weighted by Gasteiger charge is -2.19. The second-order valence-corrected chi connectivity index (χ2v) is 4.90. The van der Waals surface area contributed by atoms with Gasteiger partial charge in [-0.3, -0.25) is 10.4 Å². The number of benzene rings is 1. The minimum absolute atomic E-state index is 0.379. The van der Waals surface area contributed by atoms with Crippen molar-refractivity contribution in [2.24, 2.45) is 0 Å². The van der Waals surface area contributed by atoms with Gasteiger partial charge in [0.25, 0.3) is 0 Å². The normalized spacial score (nSPS) is 11.6. The van der Waals surface area contributed by atoms with Gasteiger partial charge in [-0.05, 0) is 39.0 Å². The maximum absolute atomic E-state index is 13.1. The molecule has 0 bridgehead atoms. The lowest BCUT2D eigenvalue weighted by molar-refractivity contribution is 0.0636. The summed E-state index contributed by atoms with van der Waals surface area (Å²) in [7, 11) is 0. The van der Waals surface area contributed by atoms with Crippen molar-refractivity contribution >= 4 is 22.7 Å². The Morgan fingerprint density at radius 2 is 2.17 bits per heavy atom. The van der Waals surface area contributed by atoms with Gasteiger partial charge in [0, 0.05) is 5.69 Å². The molecule has 0 unspecified atom stereocenters. The lowest BCUT2D eigenvalue weighted by Crippen LogP contribution is -2.27. The van der Waals surface area contributed by atoms with Crippen LogP contribution in [-0.2, 0) is 4.74 Å². The van der Waals surface area contributed by atoms with Gasteiger partial charge in [0.05, 0.1) is 10.9 Å². The highest BCUT2D eigenvalue weighted by Gasteiger charge is 2.16. The van der Waals surface area contributed by atoms with Crippen LogP contribution in [0, 0.1) is 5.95 Å². The van der Waals surface area contributed by atoms with Crippen LogP contribution in [0.5, 0.6) is 0 Å². The van der Waals surface area contributed by atoms with Crippen LogP contribution in [0.3, 0.4) is 0 Å². The van der Waals surface area contributed by atoms with Gasteiger partial charge in [-0.15, -0.1) is 0 Å². The number of anilines is 1. The Hall–Kier alpha value is -2.11. The fourth-order valence-corrected chi connectivity index (χ4v) is 1.48. The van der Waals surface area contributed by atoms with E-state index in [9.17, 15) is 9.18 Å². The first-order valence-corrected chi connectivity index (χ1v) is 5.49. The molecule has 0 aliphatic heterocycles. The third-order valence-electron chi connectivity index (χ3n) is 2.15. The fourth-order valence-electron chi connectivity index (χ4n) is 1.48. The summed E-state index contributed by atoms with van der Waals surface area (Å²) in [6.07, 6.45) is -0.558. The van der Waals surface area contributed by atoms with Crippen molar-refractivity contribution in [2.75, 3.05) is 5.32 Å². The minimum atomic E-state index is -0.563. The quantitative estimate of drug-likeness (QED) is 0.818. The molecular formula is C12H14FN3O2. The maximum Gasteiger partial charge on any atom is 0.412 e. The van der Waals surface area contributed by atoms with Gasteiger partial charge < -0.3 is 4.74 Å². The number of nitrogens with one attached hydrogen (secondary N) is 2. The summed E-state index contributed by atoms with van der Waals surface area (Å²) in [5.41, 5.74) is 0.386. The van der Waals surface area contributed by atoms with Crippen LogP contribution in [0.4, 0.5) is 14.9 Å². The Labute approximate surface area is 103 Å².